The Balaban J connectivity index is 1.46. The number of piperidine rings is 1. The monoisotopic (exact) mass is 365 g/mol. The molecule has 0 aliphatic carbocycles. The summed E-state index contributed by atoms with van der Waals surface area (Å²) >= 11 is 0. The predicted octanol–water partition coefficient (Wildman–Crippen LogP) is 2.52. The topological polar surface area (TPSA) is 73.7 Å². The van der Waals surface area contributed by atoms with Gasteiger partial charge in [-0.3, -0.25) is 14.7 Å². The lowest BCUT2D eigenvalue weighted by Gasteiger charge is -2.36. The van der Waals surface area contributed by atoms with Crippen LogP contribution in [0.15, 0.2) is 48.8 Å². The van der Waals surface area contributed by atoms with E-state index in [9.17, 15) is 9.59 Å². The molecule has 3 aliphatic heterocycles. The van der Waals surface area contributed by atoms with Gasteiger partial charge in [-0.25, -0.2) is 4.79 Å². The highest BCUT2D eigenvalue weighted by Crippen LogP contribution is 2.30. The molecule has 5 rings (SSSR count). The first kappa shape index (κ1) is 17.7. The van der Waals surface area contributed by atoms with E-state index in [-0.39, 0.29) is 5.91 Å². The highest BCUT2D eigenvalue weighted by atomic mass is 16.4. The molecule has 1 aromatic carbocycles. The number of aromatic nitrogens is 1. The second-order valence-electron chi connectivity index (χ2n) is 7.48. The van der Waals surface area contributed by atoms with Crippen LogP contribution in [0.25, 0.3) is 0 Å². The SMILES string of the molecule is O=C(O)c1ccc(CN2C[C@H]3CC[C@@H]2CN(C(=O)c2cccnc2)C3)cc1. The smallest absolute Gasteiger partial charge is 0.335 e. The van der Waals surface area contributed by atoms with E-state index >= 15 is 0 Å². The van der Waals surface area contributed by atoms with Gasteiger partial charge >= 0.3 is 5.97 Å². The van der Waals surface area contributed by atoms with Crippen LogP contribution in [0.4, 0.5) is 0 Å². The number of amides is 1. The minimum absolute atomic E-state index is 0.0626. The standard InChI is InChI=1S/C21H23N3O3/c25-20(18-2-1-9-22-10-18)24-13-16-5-8-19(14-24)23(12-16)11-15-3-6-17(7-4-15)21(26)27/h1-4,6-7,9-10,16,19H,5,8,11-14H2,(H,26,27)/t16-,19-/m1/s1. The molecular formula is C21H23N3O3. The summed E-state index contributed by atoms with van der Waals surface area (Å²) in [4.78, 5) is 32.4. The molecule has 2 atom stereocenters. The number of aromatic carboxylic acids is 1. The maximum atomic E-state index is 12.8. The molecule has 3 fully saturated rings. The van der Waals surface area contributed by atoms with Crippen LogP contribution in [0.3, 0.4) is 0 Å². The zero-order chi connectivity index (χ0) is 18.8. The molecular weight excluding hydrogens is 342 g/mol. The van der Waals surface area contributed by atoms with Gasteiger partial charge in [0, 0.05) is 44.6 Å². The first-order valence-corrected chi connectivity index (χ1v) is 9.36. The number of nitrogens with zero attached hydrogens (tertiary/aromatic N) is 3. The Labute approximate surface area is 158 Å². The number of carboxylic acids is 1. The molecule has 27 heavy (non-hydrogen) atoms. The molecule has 0 unspecified atom stereocenters. The summed E-state index contributed by atoms with van der Waals surface area (Å²) in [5.74, 6) is -0.365. The third kappa shape index (κ3) is 3.85. The minimum Gasteiger partial charge on any atom is -0.478 e. The Hall–Kier alpha value is -2.73. The Kier molecular flexibility index (Phi) is 4.90. The van der Waals surface area contributed by atoms with Gasteiger partial charge in [0.15, 0.2) is 0 Å². The van der Waals surface area contributed by atoms with Gasteiger partial charge in [-0.2, -0.15) is 0 Å². The second kappa shape index (κ2) is 7.48. The molecule has 140 valence electrons. The van der Waals surface area contributed by atoms with Crippen LogP contribution in [-0.2, 0) is 6.54 Å². The molecule has 0 radical (unpaired) electrons. The number of pyridine rings is 1. The average molecular weight is 365 g/mol. The molecule has 6 heteroatoms. The fourth-order valence-corrected chi connectivity index (χ4v) is 4.20. The van der Waals surface area contributed by atoms with Gasteiger partial charge in [0.1, 0.15) is 0 Å². The van der Waals surface area contributed by atoms with Crippen molar-refractivity contribution in [2.45, 2.75) is 25.4 Å². The maximum Gasteiger partial charge on any atom is 0.335 e. The van der Waals surface area contributed by atoms with Crippen molar-refractivity contribution in [3.8, 4) is 0 Å². The third-order valence-corrected chi connectivity index (χ3v) is 5.61. The van der Waals surface area contributed by atoms with E-state index in [0.29, 0.717) is 23.1 Å². The number of hydrogen-bond donors (Lipinski definition) is 1. The zero-order valence-corrected chi connectivity index (χ0v) is 15.1. The van der Waals surface area contributed by atoms with Crippen molar-refractivity contribution >= 4 is 11.9 Å². The molecule has 3 aliphatic rings. The molecule has 1 N–H and O–H groups in total. The van der Waals surface area contributed by atoms with E-state index in [1.165, 1.54) is 0 Å². The molecule has 3 saturated heterocycles. The number of carbonyl (C=O) groups excluding carboxylic acids is 1. The van der Waals surface area contributed by atoms with Gasteiger partial charge in [0.25, 0.3) is 5.91 Å². The molecule has 1 amide bonds. The quantitative estimate of drug-likeness (QED) is 0.901. The number of rotatable bonds is 4. The van der Waals surface area contributed by atoms with Crippen molar-refractivity contribution < 1.29 is 14.7 Å². The van der Waals surface area contributed by atoms with Crippen LogP contribution in [0.2, 0.25) is 0 Å². The van der Waals surface area contributed by atoms with Crippen LogP contribution < -0.4 is 0 Å². The van der Waals surface area contributed by atoms with Crippen molar-refractivity contribution in [1.82, 2.24) is 14.8 Å². The lowest BCUT2D eigenvalue weighted by Crippen LogP contribution is -2.43. The summed E-state index contributed by atoms with van der Waals surface area (Å²) in [6.45, 7) is 3.29. The number of carbonyl (C=O) groups is 2. The normalized spacial score (nSPS) is 22.4. The summed E-state index contributed by atoms with van der Waals surface area (Å²) < 4.78 is 0. The fourth-order valence-electron chi connectivity index (χ4n) is 4.20. The summed E-state index contributed by atoms with van der Waals surface area (Å²) in [6, 6.07) is 11.1. The van der Waals surface area contributed by atoms with Crippen molar-refractivity contribution in [3.05, 3.63) is 65.5 Å². The van der Waals surface area contributed by atoms with E-state index in [0.717, 1.165) is 44.6 Å². The number of benzene rings is 1. The molecule has 6 nitrogen and oxygen atoms in total. The van der Waals surface area contributed by atoms with Gasteiger partial charge in [0.2, 0.25) is 0 Å². The van der Waals surface area contributed by atoms with E-state index < -0.39 is 5.97 Å². The lowest BCUT2D eigenvalue weighted by atomic mass is 9.94. The fraction of sp³-hybridized carbons (Fsp3) is 0.381. The van der Waals surface area contributed by atoms with E-state index in [4.69, 9.17) is 5.11 Å². The number of hydrogen-bond acceptors (Lipinski definition) is 4. The highest BCUT2D eigenvalue weighted by Gasteiger charge is 2.36. The molecule has 1 aromatic heterocycles. The van der Waals surface area contributed by atoms with E-state index in [2.05, 4.69) is 9.88 Å². The summed E-state index contributed by atoms with van der Waals surface area (Å²) in [5, 5.41) is 9.04. The van der Waals surface area contributed by atoms with Gasteiger partial charge in [-0.1, -0.05) is 12.1 Å². The van der Waals surface area contributed by atoms with Crippen LogP contribution in [0, 0.1) is 5.92 Å². The van der Waals surface area contributed by atoms with Crippen LogP contribution >= 0.6 is 0 Å². The molecule has 4 heterocycles. The molecule has 2 aromatic rings. The Morgan fingerprint density at radius 1 is 1.04 bits per heavy atom. The average Bonchev–Trinajstić information content (AvgIpc) is 3.00. The number of carboxylic acid groups (broad SMARTS) is 1. The zero-order valence-electron chi connectivity index (χ0n) is 15.1. The van der Waals surface area contributed by atoms with Gasteiger partial charge in [0.05, 0.1) is 11.1 Å². The predicted molar refractivity (Wildman–Crippen MR) is 100 cm³/mol. The Morgan fingerprint density at radius 2 is 1.85 bits per heavy atom. The lowest BCUT2D eigenvalue weighted by molar-refractivity contribution is 0.0695. The van der Waals surface area contributed by atoms with Crippen molar-refractivity contribution in [2.75, 3.05) is 19.6 Å². The Morgan fingerprint density at radius 3 is 2.56 bits per heavy atom. The molecule has 2 bridgehead atoms. The van der Waals surface area contributed by atoms with Gasteiger partial charge in [-0.05, 0) is 48.6 Å². The van der Waals surface area contributed by atoms with Gasteiger partial charge < -0.3 is 10.0 Å². The summed E-state index contributed by atoms with van der Waals surface area (Å²) in [5.41, 5.74) is 2.07. The molecule has 0 spiro atoms. The van der Waals surface area contributed by atoms with Crippen LogP contribution in [-0.4, -0.2) is 57.4 Å². The summed E-state index contributed by atoms with van der Waals surface area (Å²) in [6.07, 6.45) is 5.56. The minimum atomic E-state index is -0.903. The largest absolute Gasteiger partial charge is 0.478 e. The van der Waals surface area contributed by atoms with Gasteiger partial charge in [-0.15, -0.1) is 0 Å². The first-order chi connectivity index (χ1) is 13.1. The van der Waals surface area contributed by atoms with Crippen molar-refractivity contribution in [1.29, 1.82) is 0 Å². The first-order valence-electron chi connectivity index (χ1n) is 9.36. The highest BCUT2D eigenvalue weighted by molar-refractivity contribution is 5.94. The summed E-state index contributed by atoms with van der Waals surface area (Å²) in [7, 11) is 0. The molecule has 0 saturated carbocycles. The van der Waals surface area contributed by atoms with Crippen molar-refractivity contribution in [3.63, 3.8) is 0 Å². The van der Waals surface area contributed by atoms with E-state index in [1.54, 1.807) is 30.6 Å². The van der Waals surface area contributed by atoms with Crippen LogP contribution in [0.1, 0.15) is 39.1 Å². The second-order valence-corrected chi connectivity index (χ2v) is 7.48. The van der Waals surface area contributed by atoms with Crippen LogP contribution in [0.5, 0.6) is 0 Å². The third-order valence-electron chi connectivity index (χ3n) is 5.61. The van der Waals surface area contributed by atoms with E-state index in [1.807, 2.05) is 23.1 Å². The maximum absolute atomic E-state index is 12.8. The number of fused-ring (bicyclic) bond motifs is 4. The van der Waals surface area contributed by atoms with Crippen molar-refractivity contribution in [2.24, 2.45) is 5.92 Å². The Bertz CT molecular complexity index is 822.